The number of nitrogens with one attached hydrogen (secondary N) is 1. The largest absolute Gasteiger partial charge is 0.337 e. The molecule has 0 aliphatic heterocycles. The molecule has 17 heavy (non-hydrogen) atoms. The second-order valence-electron chi connectivity index (χ2n) is 4.20. The number of aromatic nitrogens is 2. The van der Waals surface area contributed by atoms with Crippen LogP contribution in [-0.4, -0.2) is 16.7 Å². The molecule has 0 saturated carbocycles. The first-order chi connectivity index (χ1) is 8.15. The molecule has 0 unspecified atom stereocenters. The summed E-state index contributed by atoms with van der Waals surface area (Å²) in [7, 11) is 0. The first-order valence-electron chi connectivity index (χ1n) is 5.48. The van der Waals surface area contributed by atoms with E-state index in [-0.39, 0.29) is 5.82 Å². The van der Waals surface area contributed by atoms with Gasteiger partial charge in [0.2, 0.25) is 5.82 Å². The fourth-order valence-corrected chi connectivity index (χ4v) is 1.30. The van der Waals surface area contributed by atoms with Gasteiger partial charge in [0.05, 0.1) is 0 Å². The molecule has 2 rings (SSSR count). The normalized spacial score (nSPS) is 10.8. The van der Waals surface area contributed by atoms with Crippen molar-refractivity contribution in [2.45, 2.75) is 13.8 Å². The Kier molecular flexibility index (Phi) is 3.37. The van der Waals surface area contributed by atoms with Crippen LogP contribution in [0, 0.1) is 11.7 Å². The molecule has 0 atom stereocenters. The van der Waals surface area contributed by atoms with E-state index >= 15 is 0 Å². The summed E-state index contributed by atoms with van der Waals surface area (Å²) >= 11 is 0. The van der Waals surface area contributed by atoms with Gasteiger partial charge in [-0.25, -0.2) is 4.39 Å². The SMILES string of the molecule is CC(C)CNc1nc(-c2ccc(F)cc2)no1. The standard InChI is InChI=1S/C12H14FN3O/c1-8(2)7-14-12-15-11(16-17-12)9-3-5-10(13)6-4-9/h3-6,8H,7H2,1-2H3,(H,14,15,16). The topological polar surface area (TPSA) is 51.0 Å². The molecule has 0 aliphatic rings. The molecular weight excluding hydrogens is 221 g/mol. The van der Waals surface area contributed by atoms with Crippen LogP contribution in [0.4, 0.5) is 10.4 Å². The Balaban J connectivity index is 2.10. The second kappa shape index (κ2) is 4.95. The number of nitrogens with zero attached hydrogens (tertiary/aromatic N) is 2. The molecule has 4 nitrogen and oxygen atoms in total. The van der Waals surface area contributed by atoms with Crippen molar-refractivity contribution in [2.24, 2.45) is 5.92 Å². The predicted octanol–water partition coefficient (Wildman–Crippen LogP) is 2.94. The quantitative estimate of drug-likeness (QED) is 0.885. The van der Waals surface area contributed by atoms with Gasteiger partial charge in [-0.2, -0.15) is 4.98 Å². The third-order valence-corrected chi connectivity index (χ3v) is 2.19. The summed E-state index contributed by atoms with van der Waals surface area (Å²) in [6, 6.07) is 6.36. The van der Waals surface area contributed by atoms with Crippen molar-refractivity contribution in [2.75, 3.05) is 11.9 Å². The van der Waals surface area contributed by atoms with Crippen LogP contribution in [0.15, 0.2) is 28.8 Å². The van der Waals surface area contributed by atoms with Crippen LogP contribution in [0.1, 0.15) is 13.8 Å². The van der Waals surface area contributed by atoms with Gasteiger partial charge in [-0.3, -0.25) is 0 Å². The molecule has 2 aromatic rings. The molecule has 1 heterocycles. The fraction of sp³-hybridized carbons (Fsp3) is 0.333. The minimum atomic E-state index is -0.282. The summed E-state index contributed by atoms with van der Waals surface area (Å²) in [5.41, 5.74) is 0.729. The van der Waals surface area contributed by atoms with Crippen LogP contribution in [-0.2, 0) is 0 Å². The maximum Gasteiger partial charge on any atom is 0.321 e. The average molecular weight is 235 g/mol. The van der Waals surface area contributed by atoms with Crippen molar-refractivity contribution in [3.8, 4) is 11.4 Å². The molecular formula is C12H14FN3O. The molecule has 0 saturated heterocycles. The van der Waals surface area contributed by atoms with E-state index in [4.69, 9.17) is 4.52 Å². The van der Waals surface area contributed by atoms with E-state index in [2.05, 4.69) is 29.3 Å². The predicted molar refractivity (Wildman–Crippen MR) is 63.0 cm³/mol. The number of hydrogen-bond donors (Lipinski definition) is 1. The number of halogens is 1. The van der Waals surface area contributed by atoms with Gasteiger partial charge in [-0.05, 0) is 30.2 Å². The van der Waals surface area contributed by atoms with E-state index in [1.165, 1.54) is 12.1 Å². The highest BCUT2D eigenvalue weighted by atomic mass is 19.1. The van der Waals surface area contributed by atoms with Gasteiger partial charge >= 0.3 is 6.01 Å². The zero-order valence-corrected chi connectivity index (χ0v) is 9.77. The molecule has 0 bridgehead atoms. The Morgan fingerprint density at radius 2 is 2.00 bits per heavy atom. The molecule has 0 amide bonds. The number of rotatable bonds is 4. The molecule has 1 aromatic carbocycles. The van der Waals surface area contributed by atoms with Crippen LogP contribution in [0.25, 0.3) is 11.4 Å². The van der Waals surface area contributed by atoms with E-state index in [0.717, 1.165) is 12.1 Å². The molecule has 90 valence electrons. The Bertz CT molecular complexity index is 479. The highest BCUT2D eigenvalue weighted by Gasteiger charge is 2.08. The van der Waals surface area contributed by atoms with E-state index in [9.17, 15) is 4.39 Å². The maximum absolute atomic E-state index is 12.7. The van der Waals surface area contributed by atoms with Crippen molar-refractivity contribution >= 4 is 6.01 Å². The van der Waals surface area contributed by atoms with Crippen LogP contribution in [0.2, 0.25) is 0 Å². The van der Waals surface area contributed by atoms with Crippen LogP contribution in [0.3, 0.4) is 0 Å². The van der Waals surface area contributed by atoms with Crippen molar-refractivity contribution in [1.82, 2.24) is 10.1 Å². The number of hydrogen-bond acceptors (Lipinski definition) is 4. The summed E-state index contributed by atoms with van der Waals surface area (Å²) in [5, 5.41) is 6.85. The lowest BCUT2D eigenvalue weighted by Crippen LogP contribution is -2.07. The number of anilines is 1. The summed E-state index contributed by atoms with van der Waals surface area (Å²) in [4.78, 5) is 4.17. The fourth-order valence-electron chi connectivity index (χ4n) is 1.30. The Morgan fingerprint density at radius 1 is 1.29 bits per heavy atom. The summed E-state index contributed by atoms with van der Waals surface area (Å²) in [5.74, 6) is 0.669. The minimum Gasteiger partial charge on any atom is -0.337 e. The third kappa shape index (κ3) is 3.03. The average Bonchev–Trinajstić information content (AvgIpc) is 2.76. The van der Waals surface area contributed by atoms with E-state index in [1.807, 2.05) is 0 Å². The van der Waals surface area contributed by atoms with Crippen molar-refractivity contribution < 1.29 is 8.91 Å². The van der Waals surface area contributed by atoms with Gasteiger partial charge in [0.1, 0.15) is 5.82 Å². The van der Waals surface area contributed by atoms with Crippen molar-refractivity contribution in [1.29, 1.82) is 0 Å². The monoisotopic (exact) mass is 235 g/mol. The second-order valence-corrected chi connectivity index (χ2v) is 4.20. The minimum absolute atomic E-state index is 0.282. The Morgan fingerprint density at radius 3 is 2.65 bits per heavy atom. The smallest absolute Gasteiger partial charge is 0.321 e. The summed E-state index contributed by atoms with van der Waals surface area (Å²) in [6.45, 7) is 4.94. The van der Waals surface area contributed by atoms with Gasteiger partial charge in [-0.1, -0.05) is 19.0 Å². The van der Waals surface area contributed by atoms with Crippen LogP contribution < -0.4 is 5.32 Å². The Hall–Kier alpha value is -1.91. The lowest BCUT2D eigenvalue weighted by molar-refractivity contribution is 0.429. The zero-order valence-electron chi connectivity index (χ0n) is 9.77. The molecule has 5 heteroatoms. The van der Waals surface area contributed by atoms with Crippen LogP contribution >= 0.6 is 0 Å². The highest BCUT2D eigenvalue weighted by Crippen LogP contribution is 2.17. The van der Waals surface area contributed by atoms with Gasteiger partial charge in [0, 0.05) is 12.1 Å². The van der Waals surface area contributed by atoms with Crippen molar-refractivity contribution in [3.63, 3.8) is 0 Å². The summed E-state index contributed by atoms with van der Waals surface area (Å²) in [6.07, 6.45) is 0. The first-order valence-corrected chi connectivity index (χ1v) is 5.48. The molecule has 1 N–H and O–H groups in total. The van der Waals surface area contributed by atoms with Gasteiger partial charge in [0.25, 0.3) is 0 Å². The Labute approximate surface area is 98.8 Å². The molecule has 0 aliphatic carbocycles. The van der Waals surface area contributed by atoms with E-state index < -0.39 is 0 Å². The molecule has 1 aromatic heterocycles. The summed E-state index contributed by atoms with van der Waals surface area (Å²) < 4.78 is 17.8. The lowest BCUT2D eigenvalue weighted by Gasteiger charge is -2.02. The van der Waals surface area contributed by atoms with Gasteiger partial charge in [0.15, 0.2) is 0 Å². The lowest BCUT2D eigenvalue weighted by atomic mass is 10.2. The van der Waals surface area contributed by atoms with E-state index in [0.29, 0.717) is 17.8 Å². The number of benzene rings is 1. The molecule has 0 spiro atoms. The third-order valence-electron chi connectivity index (χ3n) is 2.19. The highest BCUT2D eigenvalue weighted by molar-refractivity contribution is 5.55. The first kappa shape index (κ1) is 11.6. The maximum atomic E-state index is 12.7. The molecule has 0 radical (unpaired) electrons. The van der Waals surface area contributed by atoms with Gasteiger partial charge < -0.3 is 9.84 Å². The zero-order chi connectivity index (χ0) is 12.3. The molecule has 0 fully saturated rings. The van der Waals surface area contributed by atoms with Crippen molar-refractivity contribution in [3.05, 3.63) is 30.1 Å². The van der Waals surface area contributed by atoms with Gasteiger partial charge in [-0.15, -0.1) is 0 Å². The van der Waals surface area contributed by atoms with Crippen LogP contribution in [0.5, 0.6) is 0 Å². The van der Waals surface area contributed by atoms with E-state index in [1.54, 1.807) is 12.1 Å².